The quantitative estimate of drug-likeness (QED) is 0.731. The molecule has 1 amide bonds. The monoisotopic (exact) mass is 357 g/mol. The number of rotatable bonds is 6. The van der Waals surface area contributed by atoms with Crippen LogP contribution in [0.15, 0.2) is 35.7 Å². The fraction of sp³-hybridized carbons (Fsp3) is 0.476. The Balaban J connectivity index is 1.52. The third kappa shape index (κ3) is 4.71. The van der Waals surface area contributed by atoms with Crippen molar-refractivity contribution in [2.75, 3.05) is 6.54 Å². The highest BCUT2D eigenvalue weighted by Gasteiger charge is 2.22. The van der Waals surface area contributed by atoms with E-state index in [2.05, 4.69) is 36.5 Å². The van der Waals surface area contributed by atoms with Crippen LogP contribution >= 0.6 is 11.3 Å². The minimum Gasteiger partial charge on any atom is -0.393 e. The van der Waals surface area contributed by atoms with Gasteiger partial charge in [0.15, 0.2) is 0 Å². The lowest BCUT2D eigenvalue weighted by atomic mass is 9.83. The lowest BCUT2D eigenvalue weighted by molar-refractivity contribution is 0.0641. The maximum atomic E-state index is 12.5. The zero-order valence-corrected chi connectivity index (χ0v) is 15.6. The van der Waals surface area contributed by atoms with Gasteiger partial charge < -0.3 is 10.4 Å². The zero-order valence-electron chi connectivity index (χ0n) is 14.8. The van der Waals surface area contributed by atoms with Crippen molar-refractivity contribution in [3.63, 3.8) is 0 Å². The van der Waals surface area contributed by atoms with E-state index < -0.39 is 0 Å². The summed E-state index contributed by atoms with van der Waals surface area (Å²) in [5.74, 6) is 0.422. The summed E-state index contributed by atoms with van der Waals surface area (Å²) in [6, 6.07) is 10.3. The average molecular weight is 358 g/mol. The van der Waals surface area contributed by atoms with Gasteiger partial charge in [0.05, 0.1) is 11.0 Å². The van der Waals surface area contributed by atoms with Crippen molar-refractivity contribution >= 4 is 17.2 Å². The van der Waals surface area contributed by atoms with Crippen LogP contribution in [-0.4, -0.2) is 23.7 Å². The second kappa shape index (κ2) is 8.63. The molecule has 1 fully saturated rings. The molecule has 0 bridgehead atoms. The molecule has 4 heteroatoms. The first-order valence-electron chi connectivity index (χ1n) is 9.26. The molecule has 0 aliphatic heterocycles. The molecule has 1 saturated carbocycles. The van der Waals surface area contributed by atoms with Crippen LogP contribution in [0.4, 0.5) is 0 Å². The SMILES string of the molecule is Cc1ccc(-c2ccsc2C(=O)NCCCC2CCCCC2O)cc1. The molecule has 2 atom stereocenters. The molecule has 0 saturated heterocycles. The Labute approximate surface area is 154 Å². The number of carbonyl (C=O) groups is 1. The molecule has 0 radical (unpaired) electrons. The molecule has 3 nitrogen and oxygen atoms in total. The first-order chi connectivity index (χ1) is 12.1. The Morgan fingerprint density at radius 2 is 1.96 bits per heavy atom. The van der Waals surface area contributed by atoms with Gasteiger partial charge in [-0.1, -0.05) is 42.7 Å². The number of nitrogens with one attached hydrogen (secondary N) is 1. The van der Waals surface area contributed by atoms with Crippen LogP contribution in [0, 0.1) is 12.8 Å². The summed E-state index contributed by atoms with van der Waals surface area (Å²) < 4.78 is 0. The molecule has 3 rings (SSSR count). The number of aryl methyl sites for hydroxylation is 1. The van der Waals surface area contributed by atoms with Crippen LogP contribution in [0.3, 0.4) is 0 Å². The van der Waals surface area contributed by atoms with Gasteiger partial charge in [-0.25, -0.2) is 0 Å². The number of carbonyl (C=O) groups excluding carboxylic acids is 1. The predicted molar refractivity (Wildman–Crippen MR) is 104 cm³/mol. The predicted octanol–water partition coefficient (Wildman–Crippen LogP) is 4.78. The lowest BCUT2D eigenvalue weighted by Crippen LogP contribution is -2.27. The van der Waals surface area contributed by atoms with Gasteiger partial charge in [-0.05, 0) is 55.5 Å². The number of aliphatic hydroxyl groups is 1. The molecule has 1 aliphatic carbocycles. The van der Waals surface area contributed by atoms with Crippen LogP contribution < -0.4 is 5.32 Å². The number of hydrogen-bond acceptors (Lipinski definition) is 3. The first-order valence-corrected chi connectivity index (χ1v) is 10.1. The van der Waals surface area contributed by atoms with Gasteiger partial charge in [-0.15, -0.1) is 11.3 Å². The number of benzene rings is 1. The van der Waals surface area contributed by atoms with Crippen LogP contribution in [0.1, 0.15) is 53.8 Å². The minimum atomic E-state index is -0.144. The van der Waals surface area contributed by atoms with E-state index >= 15 is 0 Å². The molecule has 1 aromatic heterocycles. The van der Waals surface area contributed by atoms with Crippen molar-refractivity contribution in [3.05, 3.63) is 46.2 Å². The molecule has 2 aromatic rings. The van der Waals surface area contributed by atoms with Gasteiger partial charge in [0, 0.05) is 12.1 Å². The number of hydrogen-bond donors (Lipinski definition) is 2. The van der Waals surface area contributed by atoms with Gasteiger partial charge in [-0.3, -0.25) is 4.79 Å². The van der Waals surface area contributed by atoms with E-state index in [1.807, 2.05) is 11.4 Å². The number of aliphatic hydroxyl groups excluding tert-OH is 1. The Hall–Kier alpha value is -1.65. The molecular formula is C21H27NO2S. The third-order valence-electron chi connectivity index (χ3n) is 5.14. The molecular weight excluding hydrogens is 330 g/mol. The molecule has 1 heterocycles. The van der Waals surface area contributed by atoms with Crippen molar-refractivity contribution in [2.45, 2.75) is 51.6 Å². The van der Waals surface area contributed by atoms with Crippen molar-refractivity contribution < 1.29 is 9.90 Å². The Morgan fingerprint density at radius 3 is 2.72 bits per heavy atom. The maximum Gasteiger partial charge on any atom is 0.261 e. The summed E-state index contributed by atoms with van der Waals surface area (Å²) >= 11 is 1.49. The van der Waals surface area contributed by atoms with Gasteiger partial charge in [0.25, 0.3) is 5.91 Å². The van der Waals surface area contributed by atoms with E-state index in [0.29, 0.717) is 12.5 Å². The Bertz CT molecular complexity index is 692. The summed E-state index contributed by atoms with van der Waals surface area (Å²) in [7, 11) is 0. The van der Waals surface area contributed by atoms with Crippen molar-refractivity contribution in [2.24, 2.45) is 5.92 Å². The topological polar surface area (TPSA) is 49.3 Å². The second-order valence-electron chi connectivity index (χ2n) is 7.04. The minimum absolute atomic E-state index is 0.00904. The fourth-order valence-electron chi connectivity index (χ4n) is 3.62. The van der Waals surface area contributed by atoms with E-state index in [-0.39, 0.29) is 12.0 Å². The summed E-state index contributed by atoms with van der Waals surface area (Å²) in [4.78, 5) is 13.3. The van der Waals surface area contributed by atoms with Gasteiger partial charge in [-0.2, -0.15) is 0 Å². The van der Waals surface area contributed by atoms with Crippen molar-refractivity contribution in [1.29, 1.82) is 0 Å². The average Bonchev–Trinajstić information content (AvgIpc) is 3.10. The van der Waals surface area contributed by atoms with E-state index in [4.69, 9.17) is 0 Å². The fourth-order valence-corrected chi connectivity index (χ4v) is 4.45. The van der Waals surface area contributed by atoms with Gasteiger partial charge in [0.1, 0.15) is 0 Å². The molecule has 134 valence electrons. The van der Waals surface area contributed by atoms with E-state index in [1.54, 1.807) is 0 Å². The van der Waals surface area contributed by atoms with Gasteiger partial charge in [0.2, 0.25) is 0 Å². The van der Waals surface area contributed by atoms with Crippen LogP contribution in [0.25, 0.3) is 11.1 Å². The van der Waals surface area contributed by atoms with Gasteiger partial charge >= 0.3 is 0 Å². The largest absolute Gasteiger partial charge is 0.393 e. The summed E-state index contributed by atoms with van der Waals surface area (Å²) in [6.45, 7) is 2.74. The lowest BCUT2D eigenvalue weighted by Gasteiger charge is -2.27. The molecule has 0 spiro atoms. The van der Waals surface area contributed by atoms with Crippen LogP contribution in [-0.2, 0) is 0 Å². The Morgan fingerprint density at radius 1 is 1.20 bits per heavy atom. The molecule has 25 heavy (non-hydrogen) atoms. The zero-order chi connectivity index (χ0) is 17.6. The van der Waals surface area contributed by atoms with E-state index in [9.17, 15) is 9.90 Å². The highest BCUT2D eigenvalue weighted by Crippen LogP contribution is 2.29. The Kier molecular flexibility index (Phi) is 6.27. The second-order valence-corrected chi connectivity index (χ2v) is 7.96. The maximum absolute atomic E-state index is 12.5. The first kappa shape index (κ1) is 18.2. The summed E-state index contributed by atoms with van der Waals surface area (Å²) in [5, 5.41) is 15.0. The third-order valence-corrected chi connectivity index (χ3v) is 6.05. The highest BCUT2D eigenvalue weighted by molar-refractivity contribution is 7.12. The van der Waals surface area contributed by atoms with Crippen LogP contribution in [0.2, 0.25) is 0 Å². The highest BCUT2D eigenvalue weighted by atomic mass is 32.1. The molecule has 1 aliphatic rings. The number of amides is 1. The molecule has 2 unspecified atom stereocenters. The van der Waals surface area contributed by atoms with E-state index in [1.165, 1.54) is 23.3 Å². The van der Waals surface area contributed by atoms with Crippen molar-refractivity contribution in [3.8, 4) is 11.1 Å². The van der Waals surface area contributed by atoms with Crippen LogP contribution in [0.5, 0.6) is 0 Å². The molecule has 1 aromatic carbocycles. The summed E-state index contributed by atoms with van der Waals surface area (Å²) in [5.41, 5.74) is 3.31. The number of thiophene rings is 1. The van der Waals surface area contributed by atoms with E-state index in [0.717, 1.165) is 48.1 Å². The summed E-state index contributed by atoms with van der Waals surface area (Å²) in [6.07, 6.45) is 6.21. The normalized spacial score (nSPS) is 20.4. The smallest absolute Gasteiger partial charge is 0.261 e. The van der Waals surface area contributed by atoms with Crippen molar-refractivity contribution in [1.82, 2.24) is 5.32 Å². The molecule has 2 N–H and O–H groups in total. The standard InChI is InChI=1S/C21H27NO2S/c1-15-8-10-16(11-9-15)18-12-14-25-20(18)21(24)22-13-4-6-17-5-2-3-7-19(17)23/h8-12,14,17,19,23H,2-7,13H2,1H3,(H,22,24).